The first-order chi connectivity index (χ1) is 16.1. The topological polar surface area (TPSA) is 69.2 Å². The Labute approximate surface area is 197 Å². The van der Waals surface area contributed by atoms with Crippen LogP contribution in [0.15, 0.2) is 18.5 Å². The van der Waals surface area contributed by atoms with E-state index in [1.54, 1.807) is 0 Å². The van der Waals surface area contributed by atoms with Crippen LogP contribution in [0.5, 0.6) is 5.75 Å². The number of anilines is 1. The van der Waals surface area contributed by atoms with Crippen LogP contribution in [0.2, 0.25) is 0 Å². The fraction of sp³-hybridized carbons (Fsp3) is 0.680. The number of nitrogens with zero attached hydrogens (tertiary/aromatic N) is 4. The number of likely N-dealkylation sites (tertiary alicyclic amines) is 1. The van der Waals surface area contributed by atoms with E-state index in [-0.39, 0.29) is 11.7 Å². The Morgan fingerprint density at radius 1 is 1.18 bits per heavy atom. The molecule has 4 fully saturated rings. The largest absolute Gasteiger partial charge is 0.573 e. The predicted molar refractivity (Wildman–Crippen MR) is 122 cm³/mol. The fourth-order valence-electron chi connectivity index (χ4n) is 6.96. The van der Waals surface area contributed by atoms with E-state index in [9.17, 15) is 13.2 Å². The van der Waals surface area contributed by atoms with Gasteiger partial charge in [0.05, 0.1) is 5.69 Å². The van der Waals surface area contributed by atoms with Crippen molar-refractivity contribution in [3.63, 3.8) is 0 Å². The molecular formula is C25H32F3N5O. The van der Waals surface area contributed by atoms with Gasteiger partial charge in [-0.1, -0.05) is 27.2 Å². The van der Waals surface area contributed by atoms with Gasteiger partial charge in [-0.05, 0) is 49.0 Å². The van der Waals surface area contributed by atoms with Crippen LogP contribution in [-0.2, 0) is 0 Å². The van der Waals surface area contributed by atoms with Gasteiger partial charge in [0.1, 0.15) is 5.82 Å². The molecule has 3 saturated carbocycles. The van der Waals surface area contributed by atoms with Crippen LogP contribution in [0.1, 0.15) is 64.2 Å². The minimum Gasteiger partial charge on any atom is -0.402 e. The third-order valence-electron chi connectivity index (χ3n) is 8.65. The SMILES string of the molecule is CC[C@H]1CN(C2C[C@@H]3C(n4cc(-c5cnc(N)c(OC(F)(F)F)c5)nc4C(C)C)[C@@H]3C2)[C@@H]2CC12. The number of ether oxygens (including phenoxy) is 1. The van der Waals surface area contributed by atoms with Crippen molar-refractivity contribution in [1.82, 2.24) is 19.4 Å². The average Bonchev–Trinajstić information content (AvgIpc) is 3.48. The van der Waals surface area contributed by atoms with E-state index < -0.39 is 12.1 Å². The van der Waals surface area contributed by atoms with Gasteiger partial charge < -0.3 is 15.0 Å². The van der Waals surface area contributed by atoms with Gasteiger partial charge in [0.25, 0.3) is 0 Å². The van der Waals surface area contributed by atoms with Gasteiger partial charge in [-0.3, -0.25) is 4.90 Å². The molecule has 6 nitrogen and oxygen atoms in total. The monoisotopic (exact) mass is 475 g/mol. The van der Waals surface area contributed by atoms with Gasteiger partial charge in [0.15, 0.2) is 11.6 Å². The molecule has 2 N–H and O–H groups in total. The van der Waals surface area contributed by atoms with Crippen molar-refractivity contribution in [2.45, 2.75) is 76.9 Å². The molecule has 0 aromatic carbocycles. The summed E-state index contributed by atoms with van der Waals surface area (Å²) in [6.07, 6.45) is 3.79. The molecule has 2 aromatic rings. The summed E-state index contributed by atoms with van der Waals surface area (Å²) >= 11 is 0. The molecule has 0 spiro atoms. The van der Waals surface area contributed by atoms with Crippen LogP contribution < -0.4 is 10.5 Å². The van der Waals surface area contributed by atoms with Crippen LogP contribution >= 0.6 is 0 Å². The highest BCUT2D eigenvalue weighted by atomic mass is 19.4. The normalized spacial score (nSPS) is 34.4. The molecule has 2 aromatic heterocycles. The molecule has 1 aliphatic heterocycles. The third-order valence-corrected chi connectivity index (χ3v) is 8.65. The Bertz CT molecular complexity index is 1090. The summed E-state index contributed by atoms with van der Waals surface area (Å²) < 4.78 is 44.6. The predicted octanol–water partition coefficient (Wildman–Crippen LogP) is 5.23. The first kappa shape index (κ1) is 22.2. The van der Waals surface area contributed by atoms with Crippen LogP contribution in [-0.4, -0.2) is 44.4 Å². The molecule has 184 valence electrons. The molecular weight excluding hydrogens is 443 g/mol. The lowest BCUT2D eigenvalue weighted by Crippen LogP contribution is -2.36. The Kier molecular flexibility index (Phi) is 4.96. The summed E-state index contributed by atoms with van der Waals surface area (Å²) in [7, 11) is 0. The maximum absolute atomic E-state index is 12.8. The van der Waals surface area contributed by atoms with Gasteiger partial charge in [-0.2, -0.15) is 0 Å². The van der Waals surface area contributed by atoms with Crippen molar-refractivity contribution in [2.75, 3.05) is 12.3 Å². The molecule has 6 rings (SSSR count). The van der Waals surface area contributed by atoms with Gasteiger partial charge in [-0.25, -0.2) is 9.97 Å². The minimum absolute atomic E-state index is 0.203. The number of imidazole rings is 1. The summed E-state index contributed by atoms with van der Waals surface area (Å²) in [6, 6.07) is 3.26. The van der Waals surface area contributed by atoms with Gasteiger partial charge >= 0.3 is 6.36 Å². The zero-order valence-electron chi connectivity index (χ0n) is 19.8. The highest BCUT2D eigenvalue weighted by molar-refractivity contribution is 5.64. The molecule has 7 atom stereocenters. The van der Waals surface area contributed by atoms with Crippen molar-refractivity contribution >= 4 is 5.82 Å². The average molecular weight is 476 g/mol. The second-order valence-electron chi connectivity index (χ2n) is 11.0. The van der Waals surface area contributed by atoms with E-state index in [0.717, 1.165) is 23.7 Å². The van der Waals surface area contributed by atoms with Crippen molar-refractivity contribution in [2.24, 2.45) is 23.7 Å². The number of nitrogen functional groups attached to an aromatic ring is 1. The molecule has 4 aliphatic rings. The first-order valence-corrected chi connectivity index (χ1v) is 12.5. The smallest absolute Gasteiger partial charge is 0.402 e. The summed E-state index contributed by atoms with van der Waals surface area (Å²) in [4.78, 5) is 11.5. The zero-order valence-corrected chi connectivity index (χ0v) is 19.8. The van der Waals surface area contributed by atoms with Crippen LogP contribution in [0.25, 0.3) is 11.3 Å². The number of pyridine rings is 1. The van der Waals surface area contributed by atoms with E-state index in [1.165, 1.54) is 44.5 Å². The maximum Gasteiger partial charge on any atom is 0.573 e. The molecule has 9 heteroatoms. The number of hydrogen-bond donors (Lipinski definition) is 1. The molecule has 0 radical (unpaired) electrons. The standard InChI is InChI=1S/C25H32F3N5O/c1-4-13-10-32(20-8-16(13)20)15-6-17-18(7-15)22(17)33-11-19(31-24(33)12(2)3)14-5-21(23(29)30-9-14)34-25(26,27)28/h5,9,11-13,15-18,20,22H,4,6-8,10H2,1-3H3,(H2,29,30)/t13-,15?,16?,17-,18+,20+,22?/m0/s1. The highest BCUT2D eigenvalue weighted by Crippen LogP contribution is 2.64. The van der Waals surface area contributed by atoms with Gasteiger partial charge in [0.2, 0.25) is 0 Å². The maximum atomic E-state index is 12.8. The Morgan fingerprint density at radius 2 is 1.91 bits per heavy atom. The van der Waals surface area contributed by atoms with Crippen molar-refractivity contribution < 1.29 is 17.9 Å². The number of piperidine rings is 1. The number of alkyl halides is 3. The van der Waals surface area contributed by atoms with Crippen molar-refractivity contribution in [3.8, 4) is 17.0 Å². The molecule has 34 heavy (non-hydrogen) atoms. The second kappa shape index (κ2) is 7.60. The molecule has 1 saturated heterocycles. The molecule has 3 aliphatic carbocycles. The van der Waals surface area contributed by atoms with Crippen molar-refractivity contribution in [1.29, 1.82) is 0 Å². The summed E-state index contributed by atoms with van der Waals surface area (Å²) in [5.41, 5.74) is 6.69. The Balaban J connectivity index is 1.21. The minimum atomic E-state index is -4.83. The lowest BCUT2D eigenvalue weighted by molar-refractivity contribution is -0.274. The lowest BCUT2D eigenvalue weighted by atomic mass is 10.0. The van der Waals surface area contributed by atoms with Gasteiger partial charge in [0, 0.05) is 48.5 Å². The molecule has 3 unspecified atom stereocenters. The fourth-order valence-corrected chi connectivity index (χ4v) is 6.96. The third kappa shape index (κ3) is 3.67. The molecule has 0 bridgehead atoms. The number of hydrogen-bond acceptors (Lipinski definition) is 5. The summed E-state index contributed by atoms with van der Waals surface area (Å²) in [5.74, 6) is 3.54. The van der Waals surface area contributed by atoms with Crippen LogP contribution in [0.4, 0.5) is 19.0 Å². The van der Waals surface area contributed by atoms with E-state index in [2.05, 4.69) is 40.0 Å². The van der Waals surface area contributed by atoms with Crippen molar-refractivity contribution in [3.05, 3.63) is 24.3 Å². The van der Waals surface area contributed by atoms with E-state index in [0.29, 0.717) is 35.2 Å². The first-order valence-electron chi connectivity index (χ1n) is 12.5. The summed E-state index contributed by atoms with van der Waals surface area (Å²) in [6.45, 7) is 7.81. The van der Waals surface area contributed by atoms with E-state index in [4.69, 9.17) is 10.7 Å². The lowest BCUT2D eigenvalue weighted by Gasteiger charge is -2.29. The van der Waals surface area contributed by atoms with E-state index >= 15 is 0 Å². The Hall–Kier alpha value is -2.29. The van der Waals surface area contributed by atoms with Gasteiger partial charge in [-0.15, -0.1) is 13.2 Å². The quantitative estimate of drug-likeness (QED) is 0.620. The number of rotatable bonds is 6. The van der Waals surface area contributed by atoms with Crippen LogP contribution in [0.3, 0.4) is 0 Å². The zero-order chi connectivity index (χ0) is 23.9. The van der Waals surface area contributed by atoms with Crippen LogP contribution in [0, 0.1) is 23.7 Å². The number of nitrogens with two attached hydrogens (primary N) is 1. The highest BCUT2D eigenvalue weighted by Gasteiger charge is 2.62. The number of aromatic nitrogens is 3. The molecule has 0 amide bonds. The number of halogens is 3. The van der Waals surface area contributed by atoms with E-state index in [1.807, 2.05) is 6.20 Å². The Morgan fingerprint density at radius 3 is 2.53 bits per heavy atom. The second-order valence-corrected chi connectivity index (χ2v) is 11.0. The number of fused-ring (bicyclic) bond motifs is 2. The summed E-state index contributed by atoms with van der Waals surface area (Å²) in [5, 5.41) is 0. The molecule has 3 heterocycles.